The number of carbonyl (C=O) groups is 1. The van der Waals surface area contributed by atoms with Gasteiger partial charge in [0.2, 0.25) is 5.91 Å². The normalized spacial score (nSPS) is 19.7. The second-order valence-electron chi connectivity index (χ2n) is 5.22. The molecule has 1 aliphatic heterocycles. The topological polar surface area (TPSA) is 67.6 Å². The first kappa shape index (κ1) is 15.4. The van der Waals surface area contributed by atoms with Crippen molar-refractivity contribution in [2.45, 2.75) is 32.2 Å². The van der Waals surface area contributed by atoms with Crippen molar-refractivity contribution in [1.29, 1.82) is 0 Å². The number of likely N-dealkylation sites (tertiary alicyclic amines) is 1. The summed E-state index contributed by atoms with van der Waals surface area (Å²) in [5.74, 6) is 0.846. The SMILES string of the molecule is COCC(C)NC(=O)CN1CCC(CCN)CC1. The summed E-state index contributed by atoms with van der Waals surface area (Å²) < 4.78 is 5.00. The van der Waals surface area contributed by atoms with Crippen molar-refractivity contribution in [2.75, 3.05) is 39.9 Å². The maximum absolute atomic E-state index is 11.8. The van der Waals surface area contributed by atoms with Gasteiger partial charge in [-0.05, 0) is 51.7 Å². The largest absolute Gasteiger partial charge is 0.383 e. The van der Waals surface area contributed by atoms with Crippen LogP contribution in [0.2, 0.25) is 0 Å². The van der Waals surface area contributed by atoms with Gasteiger partial charge in [0, 0.05) is 13.2 Å². The second kappa shape index (κ2) is 8.45. The van der Waals surface area contributed by atoms with E-state index in [1.54, 1.807) is 7.11 Å². The Kier molecular flexibility index (Phi) is 7.23. The minimum absolute atomic E-state index is 0.0808. The zero-order valence-electron chi connectivity index (χ0n) is 11.7. The van der Waals surface area contributed by atoms with Gasteiger partial charge in [0.1, 0.15) is 0 Å². The fourth-order valence-electron chi connectivity index (χ4n) is 2.48. The molecule has 106 valence electrons. The number of methoxy groups -OCH3 is 1. The highest BCUT2D eigenvalue weighted by Crippen LogP contribution is 2.19. The third kappa shape index (κ3) is 5.80. The average Bonchev–Trinajstić information content (AvgIpc) is 2.32. The summed E-state index contributed by atoms with van der Waals surface area (Å²) in [6.45, 7) is 5.82. The quantitative estimate of drug-likeness (QED) is 0.683. The number of carbonyl (C=O) groups excluding carboxylic acids is 1. The molecule has 1 amide bonds. The maximum Gasteiger partial charge on any atom is 0.234 e. The molecule has 0 aromatic carbocycles. The van der Waals surface area contributed by atoms with Crippen molar-refractivity contribution < 1.29 is 9.53 Å². The van der Waals surface area contributed by atoms with Crippen LogP contribution in [0.5, 0.6) is 0 Å². The third-order valence-corrected chi connectivity index (χ3v) is 3.47. The van der Waals surface area contributed by atoms with Crippen LogP contribution in [0.1, 0.15) is 26.2 Å². The van der Waals surface area contributed by atoms with Gasteiger partial charge in [0.15, 0.2) is 0 Å². The number of nitrogens with one attached hydrogen (secondary N) is 1. The average molecular weight is 257 g/mol. The Labute approximate surface area is 110 Å². The smallest absolute Gasteiger partial charge is 0.234 e. The summed E-state index contributed by atoms with van der Waals surface area (Å²) in [6.07, 6.45) is 3.45. The number of hydrogen-bond donors (Lipinski definition) is 2. The lowest BCUT2D eigenvalue weighted by Gasteiger charge is -2.31. The molecule has 1 rings (SSSR count). The highest BCUT2D eigenvalue weighted by molar-refractivity contribution is 5.78. The summed E-state index contributed by atoms with van der Waals surface area (Å²) in [6, 6.07) is 0.0808. The summed E-state index contributed by atoms with van der Waals surface area (Å²) in [7, 11) is 1.64. The highest BCUT2D eigenvalue weighted by atomic mass is 16.5. The Bertz CT molecular complexity index is 240. The molecular formula is C13H27N3O2. The Morgan fingerprint density at radius 2 is 2.17 bits per heavy atom. The Balaban J connectivity index is 2.18. The highest BCUT2D eigenvalue weighted by Gasteiger charge is 2.20. The third-order valence-electron chi connectivity index (χ3n) is 3.47. The van der Waals surface area contributed by atoms with E-state index in [9.17, 15) is 4.79 Å². The molecule has 0 aromatic heterocycles. The van der Waals surface area contributed by atoms with Crippen molar-refractivity contribution in [3.05, 3.63) is 0 Å². The number of hydrogen-bond acceptors (Lipinski definition) is 4. The van der Waals surface area contributed by atoms with E-state index in [4.69, 9.17) is 10.5 Å². The summed E-state index contributed by atoms with van der Waals surface area (Å²) in [5, 5.41) is 2.94. The molecule has 1 fully saturated rings. The number of nitrogens with two attached hydrogens (primary N) is 1. The molecule has 0 aliphatic carbocycles. The Morgan fingerprint density at radius 3 is 2.72 bits per heavy atom. The number of rotatable bonds is 7. The van der Waals surface area contributed by atoms with E-state index in [1.165, 1.54) is 0 Å². The van der Waals surface area contributed by atoms with Gasteiger partial charge in [0.05, 0.1) is 13.2 Å². The number of piperidine rings is 1. The second-order valence-corrected chi connectivity index (χ2v) is 5.22. The van der Waals surface area contributed by atoms with Crippen molar-refractivity contribution in [1.82, 2.24) is 10.2 Å². The van der Waals surface area contributed by atoms with Gasteiger partial charge in [-0.2, -0.15) is 0 Å². The van der Waals surface area contributed by atoms with Crippen molar-refractivity contribution >= 4 is 5.91 Å². The van der Waals surface area contributed by atoms with Gasteiger partial charge in [-0.15, -0.1) is 0 Å². The molecule has 5 heteroatoms. The van der Waals surface area contributed by atoms with E-state index in [0.29, 0.717) is 13.2 Å². The first-order valence-electron chi connectivity index (χ1n) is 6.86. The van der Waals surface area contributed by atoms with E-state index in [1.807, 2.05) is 6.92 Å². The first-order valence-corrected chi connectivity index (χ1v) is 6.86. The zero-order valence-corrected chi connectivity index (χ0v) is 11.7. The molecule has 3 N–H and O–H groups in total. The minimum Gasteiger partial charge on any atom is -0.383 e. The molecule has 0 radical (unpaired) electrons. The molecule has 1 heterocycles. The lowest BCUT2D eigenvalue weighted by molar-refractivity contribution is -0.123. The van der Waals surface area contributed by atoms with Crippen LogP contribution in [0.15, 0.2) is 0 Å². The number of amides is 1. The van der Waals surface area contributed by atoms with Crippen LogP contribution in [-0.4, -0.2) is 56.7 Å². The lowest BCUT2D eigenvalue weighted by atomic mass is 9.94. The van der Waals surface area contributed by atoms with Crippen molar-refractivity contribution in [3.8, 4) is 0 Å². The molecule has 0 aromatic rings. The molecule has 5 nitrogen and oxygen atoms in total. The molecule has 1 saturated heterocycles. The van der Waals surface area contributed by atoms with E-state index >= 15 is 0 Å². The van der Waals surface area contributed by atoms with E-state index in [-0.39, 0.29) is 11.9 Å². The number of ether oxygens (including phenoxy) is 1. The minimum atomic E-state index is 0.0808. The molecule has 0 bridgehead atoms. The monoisotopic (exact) mass is 257 g/mol. The lowest BCUT2D eigenvalue weighted by Crippen LogP contribution is -2.45. The number of nitrogens with zero attached hydrogens (tertiary/aromatic N) is 1. The van der Waals surface area contributed by atoms with Crippen LogP contribution >= 0.6 is 0 Å². The van der Waals surface area contributed by atoms with E-state index < -0.39 is 0 Å². The molecular weight excluding hydrogens is 230 g/mol. The fourth-order valence-corrected chi connectivity index (χ4v) is 2.48. The van der Waals surface area contributed by atoms with Gasteiger partial charge in [0.25, 0.3) is 0 Å². The molecule has 18 heavy (non-hydrogen) atoms. The summed E-state index contributed by atoms with van der Waals surface area (Å²) >= 11 is 0. The fraction of sp³-hybridized carbons (Fsp3) is 0.923. The van der Waals surface area contributed by atoms with Crippen LogP contribution in [0.25, 0.3) is 0 Å². The van der Waals surface area contributed by atoms with Crippen LogP contribution in [0, 0.1) is 5.92 Å². The standard InChI is InChI=1S/C13H27N3O2/c1-11(10-18-2)15-13(17)9-16-7-4-12(3-6-14)5-8-16/h11-12H,3-10,14H2,1-2H3,(H,15,17). The van der Waals surface area contributed by atoms with Gasteiger partial charge in [-0.3, -0.25) is 9.69 Å². The van der Waals surface area contributed by atoms with E-state index in [2.05, 4.69) is 10.2 Å². The Hall–Kier alpha value is -0.650. The molecule has 1 aliphatic rings. The van der Waals surface area contributed by atoms with Crippen LogP contribution in [0.3, 0.4) is 0 Å². The van der Waals surface area contributed by atoms with Crippen molar-refractivity contribution in [2.24, 2.45) is 11.7 Å². The summed E-state index contributed by atoms with van der Waals surface area (Å²) in [4.78, 5) is 14.0. The maximum atomic E-state index is 11.8. The van der Waals surface area contributed by atoms with E-state index in [0.717, 1.165) is 44.8 Å². The summed E-state index contributed by atoms with van der Waals surface area (Å²) in [5.41, 5.74) is 5.57. The molecule has 0 saturated carbocycles. The van der Waals surface area contributed by atoms with Crippen LogP contribution in [-0.2, 0) is 9.53 Å². The molecule has 1 atom stereocenters. The van der Waals surface area contributed by atoms with Gasteiger partial charge < -0.3 is 15.8 Å². The first-order chi connectivity index (χ1) is 8.65. The predicted octanol–water partition coefficient (Wildman–Crippen LogP) is 0.198. The molecule has 0 spiro atoms. The predicted molar refractivity (Wildman–Crippen MR) is 72.3 cm³/mol. The van der Waals surface area contributed by atoms with Gasteiger partial charge in [-0.1, -0.05) is 0 Å². The Morgan fingerprint density at radius 1 is 1.50 bits per heavy atom. The zero-order chi connectivity index (χ0) is 13.4. The van der Waals surface area contributed by atoms with Crippen LogP contribution in [0.4, 0.5) is 0 Å². The van der Waals surface area contributed by atoms with Crippen LogP contribution < -0.4 is 11.1 Å². The molecule has 1 unspecified atom stereocenters. The van der Waals surface area contributed by atoms with Crippen molar-refractivity contribution in [3.63, 3.8) is 0 Å². The van der Waals surface area contributed by atoms with Gasteiger partial charge in [-0.25, -0.2) is 0 Å². The van der Waals surface area contributed by atoms with Gasteiger partial charge >= 0.3 is 0 Å².